The molecule has 37 heavy (non-hydrogen) atoms. The first-order chi connectivity index (χ1) is 18.1. The third-order valence-electron chi connectivity index (χ3n) is 6.71. The van der Waals surface area contributed by atoms with Gasteiger partial charge in [-0.3, -0.25) is 9.97 Å². The molecule has 0 radical (unpaired) electrons. The van der Waals surface area contributed by atoms with Crippen molar-refractivity contribution in [3.05, 3.63) is 114 Å². The van der Waals surface area contributed by atoms with E-state index in [1.807, 2.05) is 36.8 Å². The van der Waals surface area contributed by atoms with E-state index in [0.717, 1.165) is 59.8 Å². The van der Waals surface area contributed by atoms with Crippen LogP contribution in [0.3, 0.4) is 0 Å². The summed E-state index contributed by atoms with van der Waals surface area (Å²) in [4.78, 5) is 15.2. The molecule has 3 nitrogen and oxygen atoms in total. The minimum atomic E-state index is 0.745. The molecule has 0 bridgehead atoms. The van der Waals surface area contributed by atoms with E-state index in [4.69, 9.17) is 21.6 Å². The summed E-state index contributed by atoms with van der Waals surface area (Å²) in [6.07, 6.45) is 5.71. The van der Waals surface area contributed by atoms with Crippen molar-refractivity contribution >= 4 is 54.1 Å². The van der Waals surface area contributed by atoms with E-state index in [0.29, 0.717) is 0 Å². The van der Waals surface area contributed by atoms with Gasteiger partial charge in [-0.15, -0.1) is 11.3 Å². The van der Waals surface area contributed by atoms with Gasteiger partial charge in [0.15, 0.2) is 0 Å². The van der Waals surface area contributed by atoms with Crippen LogP contribution >= 0.6 is 22.9 Å². The van der Waals surface area contributed by atoms with Crippen LogP contribution in [0.4, 0.5) is 0 Å². The fraction of sp³-hybridized carbons (Fsp3) is 0.0312. The molecule has 0 atom stereocenters. The molecule has 4 aromatic heterocycles. The number of fused-ring (bicyclic) bond motifs is 4. The Bertz CT molecular complexity index is 1940. The molecule has 0 aliphatic heterocycles. The third kappa shape index (κ3) is 3.95. The highest BCUT2D eigenvalue weighted by Gasteiger charge is 2.12. The van der Waals surface area contributed by atoms with Crippen LogP contribution in [0, 0.1) is 6.92 Å². The summed E-state index contributed by atoms with van der Waals surface area (Å²) in [6.45, 7) is 2.06. The van der Waals surface area contributed by atoms with Gasteiger partial charge in [0.05, 0.1) is 11.2 Å². The van der Waals surface area contributed by atoms with E-state index in [1.54, 1.807) is 11.3 Å². The number of nitrogens with zero attached hydrogens (tertiary/aromatic N) is 3. The van der Waals surface area contributed by atoms with Crippen LogP contribution < -0.4 is 0 Å². The van der Waals surface area contributed by atoms with Gasteiger partial charge in [-0.25, -0.2) is 4.98 Å². The average Bonchev–Trinajstić information content (AvgIpc) is 3.31. The highest BCUT2D eigenvalue weighted by atomic mass is 35.5. The Hall–Kier alpha value is -4.12. The molecule has 0 saturated heterocycles. The predicted octanol–water partition coefficient (Wildman–Crippen LogP) is 9.36. The number of pyridine rings is 3. The smallest absolute Gasteiger partial charge is 0.124 e. The van der Waals surface area contributed by atoms with E-state index in [-0.39, 0.29) is 0 Å². The minimum absolute atomic E-state index is 0.745. The summed E-state index contributed by atoms with van der Waals surface area (Å²) in [6, 6.07) is 29.4. The standard InChI is InChI=1S/C32H20ClN3S/c1-19-12-23(15-25(33)13-19)20-7-8-21-14-24(18-36-30(21)16-20)22-9-10-29(35-17-22)28-5-2-4-26-27-6-3-11-34-32(27)37-31(26)28/h2-18H,1H3. The molecule has 0 spiro atoms. The number of aryl methyl sites for hydroxylation is 1. The van der Waals surface area contributed by atoms with Crippen molar-refractivity contribution in [2.45, 2.75) is 6.92 Å². The Morgan fingerprint density at radius 1 is 0.676 bits per heavy atom. The molecule has 4 heterocycles. The SMILES string of the molecule is Cc1cc(Cl)cc(-c2ccc3cc(-c4ccc(-c5cccc6c5sc5ncccc56)nc4)cnc3c2)c1. The number of hydrogen-bond acceptors (Lipinski definition) is 4. The molecule has 5 heteroatoms. The second-order valence-corrected chi connectivity index (χ2v) is 10.7. The van der Waals surface area contributed by atoms with Crippen molar-refractivity contribution in [2.24, 2.45) is 0 Å². The summed E-state index contributed by atoms with van der Waals surface area (Å²) < 4.78 is 1.22. The Kier molecular flexibility index (Phi) is 5.24. The topological polar surface area (TPSA) is 38.7 Å². The number of halogens is 1. The van der Waals surface area contributed by atoms with E-state index in [1.165, 1.54) is 15.5 Å². The van der Waals surface area contributed by atoms with Gasteiger partial charge in [0.2, 0.25) is 0 Å². The Morgan fingerprint density at radius 2 is 1.54 bits per heavy atom. The van der Waals surface area contributed by atoms with Crippen LogP contribution in [0.2, 0.25) is 5.02 Å². The zero-order chi connectivity index (χ0) is 24.9. The highest BCUT2D eigenvalue weighted by molar-refractivity contribution is 7.26. The van der Waals surface area contributed by atoms with Crippen molar-refractivity contribution in [3.63, 3.8) is 0 Å². The van der Waals surface area contributed by atoms with Crippen molar-refractivity contribution in [3.8, 4) is 33.5 Å². The van der Waals surface area contributed by atoms with Gasteiger partial charge < -0.3 is 0 Å². The molecule has 0 N–H and O–H groups in total. The van der Waals surface area contributed by atoms with Gasteiger partial charge in [0.1, 0.15) is 4.83 Å². The van der Waals surface area contributed by atoms with Gasteiger partial charge in [0.25, 0.3) is 0 Å². The fourth-order valence-corrected chi connectivity index (χ4v) is 6.38. The van der Waals surface area contributed by atoms with Crippen LogP contribution in [0.25, 0.3) is 64.7 Å². The van der Waals surface area contributed by atoms with Gasteiger partial charge in [-0.1, -0.05) is 54.1 Å². The van der Waals surface area contributed by atoms with E-state index in [9.17, 15) is 0 Å². The lowest BCUT2D eigenvalue weighted by atomic mass is 10.0. The van der Waals surface area contributed by atoms with Crippen LogP contribution in [0.5, 0.6) is 0 Å². The third-order valence-corrected chi connectivity index (χ3v) is 8.09. The second-order valence-electron chi connectivity index (χ2n) is 9.22. The fourth-order valence-electron chi connectivity index (χ4n) is 4.92. The molecule has 7 rings (SSSR count). The lowest BCUT2D eigenvalue weighted by molar-refractivity contribution is 1.32. The van der Waals surface area contributed by atoms with Crippen molar-refractivity contribution in [1.82, 2.24) is 15.0 Å². The van der Waals surface area contributed by atoms with Crippen LogP contribution in [-0.4, -0.2) is 15.0 Å². The normalized spacial score (nSPS) is 11.5. The van der Waals surface area contributed by atoms with Crippen LogP contribution in [-0.2, 0) is 0 Å². The molecular weight excluding hydrogens is 494 g/mol. The molecule has 0 aliphatic carbocycles. The maximum atomic E-state index is 6.28. The molecule has 0 amide bonds. The number of thiophene rings is 1. The highest BCUT2D eigenvalue weighted by Crippen LogP contribution is 2.38. The Morgan fingerprint density at radius 3 is 2.41 bits per heavy atom. The van der Waals surface area contributed by atoms with E-state index < -0.39 is 0 Å². The predicted molar refractivity (Wildman–Crippen MR) is 156 cm³/mol. The average molecular weight is 514 g/mol. The minimum Gasteiger partial charge on any atom is -0.256 e. The largest absolute Gasteiger partial charge is 0.256 e. The number of benzene rings is 3. The van der Waals surface area contributed by atoms with Crippen LogP contribution in [0.15, 0.2) is 104 Å². The first-order valence-corrected chi connectivity index (χ1v) is 13.2. The monoisotopic (exact) mass is 513 g/mol. The molecule has 0 unspecified atom stereocenters. The van der Waals surface area contributed by atoms with Gasteiger partial charge in [0, 0.05) is 61.2 Å². The molecular formula is C32H20ClN3S. The van der Waals surface area contributed by atoms with E-state index >= 15 is 0 Å². The molecule has 176 valence electrons. The Balaban J connectivity index is 1.23. The molecule has 0 aliphatic rings. The lowest BCUT2D eigenvalue weighted by Crippen LogP contribution is -1.88. The van der Waals surface area contributed by atoms with Crippen molar-refractivity contribution < 1.29 is 0 Å². The first kappa shape index (κ1) is 22.1. The van der Waals surface area contributed by atoms with Crippen molar-refractivity contribution in [2.75, 3.05) is 0 Å². The summed E-state index contributed by atoms with van der Waals surface area (Å²) in [5.41, 5.74) is 8.47. The van der Waals surface area contributed by atoms with E-state index in [2.05, 4.69) is 78.6 Å². The zero-order valence-electron chi connectivity index (χ0n) is 19.9. The van der Waals surface area contributed by atoms with Gasteiger partial charge in [-0.2, -0.15) is 0 Å². The molecule has 7 aromatic rings. The lowest BCUT2D eigenvalue weighted by Gasteiger charge is -2.08. The number of hydrogen-bond donors (Lipinski definition) is 0. The molecule has 0 fully saturated rings. The van der Waals surface area contributed by atoms with Crippen LogP contribution in [0.1, 0.15) is 5.56 Å². The first-order valence-electron chi connectivity index (χ1n) is 12.0. The maximum absolute atomic E-state index is 6.28. The second kappa shape index (κ2) is 8.77. The quantitative estimate of drug-likeness (QED) is 0.236. The summed E-state index contributed by atoms with van der Waals surface area (Å²) in [5.74, 6) is 0. The van der Waals surface area contributed by atoms with Gasteiger partial charge >= 0.3 is 0 Å². The Labute approximate surface area is 223 Å². The summed E-state index contributed by atoms with van der Waals surface area (Å²) >= 11 is 8.00. The summed E-state index contributed by atoms with van der Waals surface area (Å²) in [7, 11) is 0. The zero-order valence-corrected chi connectivity index (χ0v) is 21.5. The maximum Gasteiger partial charge on any atom is 0.124 e. The molecule has 3 aromatic carbocycles. The van der Waals surface area contributed by atoms with Gasteiger partial charge in [-0.05, 0) is 66.1 Å². The van der Waals surface area contributed by atoms with Crippen molar-refractivity contribution in [1.29, 1.82) is 0 Å². The number of aromatic nitrogens is 3. The number of rotatable bonds is 3. The molecule has 0 saturated carbocycles. The summed E-state index contributed by atoms with van der Waals surface area (Å²) in [5, 5.41) is 4.25.